The Morgan fingerprint density at radius 3 is 2.57 bits per heavy atom. The zero-order valence-corrected chi connectivity index (χ0v) is 11.7. The van der Waals surface area contributed by atoms with Crippen molar-refractivity contribution in [2.45, 2.75) is 19.2 Å². The number of nitrogens with zero attached hydrogens (tertiary/aromatic N) is 3. The average Bonchev–Trinajstić information content (AvgIpc) is 2.96. The number of benzene rings is 1. The molecule has 0 aliphatic heterocycles. The summed E-state index contributed by atoms with van der Waals surface area (Å²) in [6.45, 7) is 1.41. The molecule has 120 valence electrons. The van der Waals surface area contributed by atoms with Crippen LogP contribution in [0.25, 0.3) is 0 Å². The second-order valence-electron chi connectivity index (χ2n) is 4.39. The highest BCUT2D eigenvalue weighted by molar-refractivity contribution is 5.92. The van der Waals surface area contributed by atoms with E-state index < -0.39 is 30.0 Å². The lowest BCUT2D eigenvalue weighted by Crippen LogP contribution is -2.30. The van der Waals surface area contributed by atoms with E-state index in [0.29, 0.717) is 11.3 Å². The van der Waals surface area contributed by atoms with Crippen molar-refractivity contribution in [3.63, 3.8) is 0 Å². The third-order valence-corrected chi connectivity index (χ3v) is 2.65. The molecule has 1 aromatic heterocycles. The zero-order valence-electron chi connectivity index (χ0n) is 11.7. The van der Waals surface area contributed by atoms with Crippen LogP contribution >= 0.6 is 0 Å². The standard InChI is InChI=1S/C13H10F3N5O2/c1-7(23-9-4-2-8(6-17)3-5-9)10(22)18-12-19-11(20-21-12)13(14,15)16/h2-5,7H,1H3,(H2,18,19,20,21,22)/t7-/m1/s1. The number of carbonyl (C=O) groups excluding carboxylic acids is 1. The summed E-state index contributed by atoms with van der Waals surface area (Å²) in [5, 5.41) is 15.7. The smallest absolute Gasteiger partial charge is 0.451 e. The first kappa shape index (κ1) is 16.3. The van der Waals surface area contributed by atoms with Crippen molar-refractivity contribution in [3.05, 3.63) is 35.7 Å². The van der Waals surface area contributed by atoms with Gasteiger partial charge in [0, 0.05) is 0 Å². The highest BCUT2D eigenvalue weighted by Gasteiger charge is 2.35. The van der Waals surface area contributed by atoms with E-state index in [4.69, 9.17) is 10.00 Å². The minimum absolute atomic E-state index is 0.331. The number of halogens is 3. The lowest BCUT2D eigenvalue weighted by Gasteiger charge is -2.13. The molecule has 0 radical (unpaired) electrons. The van der Waals surface area contributed by atoms with Crippen LogP contribution in [-0.4, -0.2) is 27.2 Å². The summed E-state index contributed by atoms with van der Waals surface area (Å²) >= 11 is 0. The Hall–Kier alpha value is -3.09. The maximum atomic E-state index is 12.4. The van der Waals surface area contributed by atoms with Gasteiger partial charge in [0.25, 0.3) is 5.91 Å². The minimum atomic E-state index is -4.68. The molecule has 2 rings (SSSR count). The molecule has 0 aliphatic carbocycles. The number of aromatic nitrogens is 3. The van der Waals surface area contributed by atoms with Gasteiger partial charge in [0.05, 0.1) is 11.6 Å². The summed E-state index contributed by atoms with van der Waals surface area (Å²) < 4.78 is 42.4. The number of alkyl halides is 3. The Balaban J connectivity index is 1.97. The van der Waals surface area contributed by atoms with Crippen molar-refractivity contribution in [3.8, 4) is 11.8 Å². The molecule has 0 bridgehead atoms. The molecule has 0 unspecified atom stereocenters. The fourth-order valence-corrected chi connectivity index (χ4v) is 1.52. The second-order valence-corrected chi connectivity index (χ2v) is 4.39. The molecular formula is C13H10F3N5O2. The minimum Gasteiger partial charge on any atom is -0.481 e. The fraction of sp³-hybridized carbons (Fsp3) is 0.231. The van der Waals surface area contributed by atoms with Crippen LogP contribution in [0.2, 0.25) is 0 Å². The van der Waals surface area contributed by atoms with E-state index in [1.807, 2.05) is 6.07 Å². The van der Waals surface area contributed by atoms with Gasteiger partial charge in [0.15, 0.2) is 6.10 Å². The molecule has 7 nitrogen and oxygen atoms in total. The maximum Gasteiger partial charge on any atom is 0.451 e. The van der Waals surface area contributed by atoms with Crippen molar-refractivity contribution >= 4 is 11.9 Å². The number of rotatable bonds is 4. The van der Waals surface area contributed by atoms with Crippen LogP contribution in [0.15, 0.2) is 24.3 Å². The van der Waals surface area contributed by atoms with Crippen molar-refractivity contribution in [1.82, 2.24) is 15.2 Å². The molecule has 0 saturated heterocycles. The highest BCUT2D eigenvalue weighted by atomic mass is 19.4. The summed E-state index contributed by atoms with van der Waals surface area (Å²) in [6.07, 6.45) is -5.68. The molecule has 1 atom stereocenters. The molecule has 0 saturated carbocycles. The largest absolute Gasteiger partial charge is 0.481 e. The molecule has 0 aliphatic rings. The van der Waals surface area contributed by atoms with Crippen LogP contribution < -0.4 is 10.1 Å². The molecule has 10 heteroatoms. The number of aromatic amines is 1. The lowest BCUT2D eigenvalue weighted by molar-refractivity contribution is -0.144. The third kappa shape index (κ3) is 4.19. The van der Waals surface area contributed by atoms with Gasteiger partial charge in [-0.2, -0.15) is 23.4 Å². The number of anilines is 1. The van der Waals surface area contributed by atoms with Gasteiger partial charge in [-0.05, 0) is 31.2 Å². The van der Waals surface area contributed by atoms with Gasteiger partial charge in [-0.3, -0.25) is 15.2 Å². The number of hydrogen-bond acceptors (Lipinski definition) is 5. The number of nitrogens with one attached hydrogen (secondary N) is 2. The summed E-state index contributed by atoms with van der Waals surface area (Å²) in [6, 6.07) is 7.93. The van der Waals surface area contributed by atoms with Gasteiger partial charge in [0.2, 0.25) is 11.8 Å². The lowest BCUT2D eigenvalue weighted by atomic mass is 10.2. The Morgan fingerprint density at radius 2 is 2.04 bits per heavy atom. The number of amides is 1. The predicted molar refractivity (Wildman–Crippen MR) is 71.3 cm³/mol. The number of hydrogen-bond donors (Lipinski definition) is 2. The molecule has 23 heavy (non-hydrogen) atoms. The van der Waals surface area contributed by atoms with Gasteiger partial charge in [-0.15, -0.1) is 5.10 Å². The summed E-state index contributed by atoms with van der Waals surface area (Å²) in [5.74, 6) is -2.20. The van der Waals surface area contributed by atoms with Crippen molar-refractivity contribution in [2.24, 2.45) is 0 Å². The quantitative estimate of drug-likeness (QED) is 0.896. The zero-order chi connectivity index (χ0) is 17.0. The normalized spacial score (nSPS) is 12.3. The summed E-state index contributed by atoms with van der Waals surface area (Å²) in [4.78, 5) is 15.0. The first-order valence-electron chi connectivity index (χ1n) is 6.27. The number of carbonyl (C=O) groups is 1. The van der Waals surface area contributed by atoms with Crippen LogP contribution in [0.3, 0.4) is 0 Å². The van der Waals surface area contributed by atoms with Crippen LogP contribution in [0.4, 0.5) is 19.1 Å². The molecule has 0 spiro atoms. The van der Waals surface area contributed by atoms with E-state index in [9.17, 15) is 18.0 Å². The summed E-state index contributed by atoms with van der Waals surface area (Å²) in [5.41, 5.74) is 0.426. The third-order valence-electron chi connectivity index (χ3n) is 2.65. The van der Waals surface area contributed by atoms with Gasteiger partial charge < -0.3 is 4.74 Å². The first-order chi connectivity index (χ1) is 10.8. The Morgan fingerprint density at radius 1 is 1.39 bits per heavy atom. The van der Waals surface area contributed by atoms with Crippen molar-refractivity contribution in [2.75, 3.05) is 5.32 Å². The maximum absolute atomic E-state index is 12.4. The number of H-pyrrole nitrogens is 1. The molecule has 2 N–H and O–H groups in total. The van der Waals surface area contributed by atoms with Gasteiger partial charge in [0.1, 0.15) is 5.75 Å². The molecule has 1 amide bonds. The van der Waals surface area contributed by atoms with E-state index in [1.54, 1.807) is 5.10 Å². The number of ether oxygens (including phenoxy) is 1. The van der Waals surface area contributed by atoms with Gasteiger partial charge >= 0.3 is 6.18 Å². The fourth-order valence-electron chi connectivity index (χ4n) is 1.52. The van der Waals surface area contributed by atoms with Gasteiger partial charge in [-0.25, -0.2) is 0 Å². The van der Waals surface area contributed by atoms with Crippen LogP contribution in [0, 0.1) is 11.3 Å². The van der Waals surface area contributed by atoms with E-state index >= 15 is 0 Å². The van der Waals surface area contributed by atoms with E-state index in [0.717, 1.165) is 0 Å². The Kier molecular flexibility index (Phi) is 4.49. The Labute approximate surface area is 128 Å². The number of nitriles is 1. The molecule has 0 fully saturated rings. The highest BCUT2D eigenvalue weighted by Crippen LogP contribution is 2.26. The SMILES string of the molecule is C[C@@H](Oc1ccc(C#N)cc1)C(=O)Nc1n[nH]c(C(F)(F)F)n1. The van der Waals surface area contributed by atoms with E-state index in [1.165, 1.54) is 31.2 Å². The Bertz CT molecular complexity index is 733. The molecule has 1 aromatic carbocycles. The van der Waals surface area contributed by atoms with Crippen LogP contribution in [0.5, 0.6) is 5.75 Å². The second kappa shape index (κ2) is 6.35. The molecule has 1 heterocycles. The first-order valence-corrected chi connectivity index (χ1v) is 6.27. The van der Waals surface area contributed by atoms with Crippen LogP contribution in [-0.2, 0) is 11.0 Å². The van der Waals surface area contributed by atoms with Crippen LogP contribution in [0.1, 0.15) is 18.3 Å². The molecule has 2 aromatic rings. The predicted octanol–water partition coefficient (Wildman–Crippen LogP) is 2.10. The van der Waals surface area contributed by atoms with Gasteiger partial charge in [-0.1, -0.05) is 0 Å². The topological polar surface area (TPSA) is 104 Å². The van der Waals surface area contributed by atoms with E-state index in [2.05, 4.69) is 15.4 Å². The van der Waals surface area contributed by atoms with Crippen molar-refractivity contribution in [1.29, 1.82) is 5.26 Å². The monoisotopic (exact) mass is 325 g/mol. The van der Waals surface area contributed by atoms with E-state index in [-0.39, 0.29) is 0 Å². The van der Waals surface area contributed by atoms with Crippen molar-refractivity contribution < 1.29 is 22.7 Å². The average molecular weight is 325 g/mol. The summed E-state index contributed by atoms with van der Waals surface area (Å²) in [7, 11) is 0. The molecular weight excluding hydrogens is 315 g/mol.